The van der Waals surface area contributed by atoms with E-state index >= 15 is 0 Å². The van der Waals surface area contributed by atoms with Crippen LogP contribution in [0.2, 0.25) is 0 Å². The minimum atomic E-state index is -0.389. The van der Waals surface area contributed by atoms with Crippen molar-refractivity contribution in [1.29, 1.82) is 0 Å². The van der Waals surface area contributed by atoms with Gasteiger partial charge in [-0.15, -0.1) is 0 Å². The summed E-state index contributed by atoms with van der Waals surface area (Å²) in [6.07, 6.45) is 3.57. The van der Waals surface area contributed by atoms with Crippen LogP contribution in [-0.2, 0) is 11.3 Å². The van der Waals surface area contributed by atoms with E-state index in [4.69, 9.17) is 4.74 Å². The topological polar surface area (TPSA) is 88.5 Å². The van der Waals surface area contributed by atoms with Gasteiger partial charge in [-0.3, -0.25) is 14.3 Å². The number of carbonyl (C=O) groups excluding carboxylic acids is 2. The van der Waals surface area contributed by atoms with Crippen molar-refractivity contribution in [2.45, 2.75) is 12.6 Å². The van der Waals surface area contributed by atoms with E-state index in [1.807, 2.05) is 18.3 Å². The van der Waals surface area contributed by atoms with Crippen molar-refractivity contribution in [1.82, 2.24) is 25.3 Å². The predicted molar refractivity (Wildman–Crippen MR) is 96.1 cm³/mol. The van der Waals surface area contributed by atoms with Gasteiger partial charge in [0.25, 0.3) is 5.91 Å². The summed E-state index contributed by atoms with van der Waals surface area (Å²) in [6, 6.07) is 6.84. The first kappa shape index (κ1) is 17.9. The van der Waals surface area contributed by atoms with Gasteiger partial charge in [-0.1, -0.05) is 0 Å². The van der Waals surface area contributed by atoms with Crippen LogP contribution >= 0.6 is 0 Å². The van der Waals surface area contributed by atoms with Gasteiger partial charge in [0.2, 0.25) is 5.91 Å². The molecule has 0 aliphatic carbocycles. The van der Waals surface area contributed by atoms with Crippen molar-refractivity contribution in [3.8, 4) is 5.75 Å². The zero-order valence-corrected chi connectivity index (χ0v) is 14.9. The second kappa shape index (κ2) is 8.01. The van der Waals surface area contributed by atoms with E-state index in [1.165, 1.54) is 0 Å². The number of hydrogen-bond acceptors (Lipinski definition) is 5. The monoisotopic (exact) mass is 357 g/mol. The number of methoxy groups -OCH3 is 1. The molecule has 8 heteroatoms. The quantitative estimate of drug-likeness (QED) is 0.792. The molecule has 0 saturated carbocycles. The molecule has 1 aliphatic heterocycles. The van der Waals surface area contributed by atoms with E-state index in [2.05, 4.69) is 15.7 Å². The van der Waals surface area contributed by atoms with E-state index in [9.17, 15) is 9.59 Å². The molecule has 1 aromatic heterocycles. The summed E-state index contributed by atoms with van der Waals surface area (Å²) < 4.78 is 7.18. The highest BCUT2D eigenvalue weighted by molar-refractivity contribution is 5.95. The highest BCUT2D eigenvalue weighted by Gasteiger charge is 2.28. The van der Waals surface area contributed by atoms with Crippen molar-refractivity contribution in [3.05, 3.63) is 47.8 Å². The Labute approximate surface area is 152 Å². The number of amides is 2. The van der Waals surface area contributed by atoms with Crippen LogP contribution in [-0.4, -0.2) is 66.3 Å². The van der Waals surface area contributed by atoms with Crippen LogP contribution in [0.3, 0.4) is 0 Å². The van der Waals surface area contributed by atoms with E-state index in [1.54, 1.807) is 42.1 Å². The number of piperazine rings is 1. The molecule has 0 bridgehead atoms. The first-order chi connectivity index (χ1) is 12.6. The average Bonchev–Trinajstić information content (AvgIpc) is 3.20. The van der Waals surface area contributed by atoms with Crippen LogP contribution < -0.4 is 15.4 Å². The maximum atomic E-state index is 12.9. The van der Waals surface area contributed by atoms with Gasteiger partial charge in [0.15, 0.2) is 0 Å². The summed E-state index contributed by atoms with van der Waals surface area (Å²) in [5, 5.41) is 9.95. The van der Waals surface area contributed by atoms with Crippen molar-refractivity contribution in [2.24, 2.45) is 0 Å². The number of hydrogen-bond donors (Lipinski definition) is 2. The summed E-state index contributed by atoms with van der Waals surface area (Å²) in [5.41, 5.74) is 1.45. The van der Waals surface area contributed by atoms with Crippen molar-refractivity contribution in [3.63, 3.8) is 0 Å². The molecular weight excluding hydrogens is 334 g/mol. The van der Waals surface area contributed by atoms with Crippen LogP contribution in [0, 0.1) is 0 Å². The molecule has 26 heavy (non-hydrogen) atoms. The van der Waals surface area contributed by atoms with Crippen LogP contribution in [0.5, 0.6) is 5.75 Å². The molecule has 1 atom stereocenters. The fourth-order valence-corrected chi connectivity index (χ4v) is 3.07. The maximum Gasteiger partial charge on any atom is 0.253 e. The Bertz CT molecular complexity index is 775. The molecule has 2 N–H and O–H groups in total. The van der Waals surface area contributed by atoms with E-state index in [0.717, 1.165) is 5.56 Å². The van der Waals surface area contributed by atoms with Gasteiger partial charge in [-0.2, -0.15) is 5.10 Å². The van der Waals surface area contributed by atoms with E-state index in [0.29, 0.717) is 37.5 Å². The molecule has 0 spiro atoms. The smallest absolute Gasteiger partial charge is 0.253 e. The Hall–Kier alpha value is -2.87. The zero-order valence-electron chi connectivity index (χ0n) is 14.9. The largest absolute Gasteiger partial charge is 0.496 e. The lowest BCUT2D eigenvalue weighted by Crippen LogP contribution is -2.57. The first-order valence-electron chi connectivity index (χ1n) is 8.51. The number of rotatable bonds is 5. The molecule has 1 aromatic carbocycles. The second-order valence-corrected chi connectivity index (χ2v) is 6.10. The Balaban J connectivity index is 1.79. The van der Waals surface area contributed by atoms with E-state index < -0.39 is 0 Å². The van der Waals surface area contributed by atoms with Crippen LogP contribution in [0.25, 0.3) is 0 Å². The number of nitrogens with zero attached hydrogens (tertiary/aromatic N) is 3. The predicted octanol–water partition coefficient (Wildman–Crippen LogP) is 0.1000. The standard InChI is InChI=1S/C18H23N5O3/c1-19-17(24)15-12-22(9-7-20-15)18(25)13-4-5-16(26-2)14(10-13)11-23-8-3-6-21-23/h3-6,8,10,15,20H,7,9,11-12H2,1-2H3,(H,19,24). The molecule has 1 unspecified atom stereocenters. The third-order valence-corrected chi connectivity index (χ3v) is 4.44. The van der Waals surface area contributed by atoms with Crippen LogP contribution in [0.1, 0.15) is 15.9 Å². The molecule has 0 radical (unpaired) electrons. The SMILES string of the molecule is CNC(=O)C1CN(C(=O)c2ccc(OC)c(Cn3cccn3)c2)CCN1. The molecule has 3 rings (SSSR count). The number of carbonyl (C=O) groups is 2. The maximum absolute atomic E-state index is 12.9. The number of nitrogens with one attached hydrogen (secondary N) is 2. The highest BCUT2D eigenvalue weighted by atomic mass is 16.5. The summed E-state index contributed by atoms with van der Waals surface area (Å²) >= 11 is 0. The summed E-state index contributed by atoms with van der Waals surface area (Å²) in [6.45, 7) is 2.01. The number of benzene rings is 1. The third-order valence-electron chi connectivity index (χ3n) is 4.44. The van der Waals surface area contributed by atoms with Gasteiger partial charge in [0, 0.05) is 50.2 Å². The lowest BCUT2D eigenvalue weighted by Gasteiger charge is -2.32. The molecule has 1 aliphatic rings. The molecule has 8 nitrogen and oxygen atoms in total. The molecule has 138 valence electrons. The lowest BCUT2D eigenvalue weighted by molar-refractivity contribution is -0.123. The minimum absolute atomic E-state index is 0.0928. The van der Waals surface area contributed by atoms with Crippen molar-refractivity contribution >= 4 is 11.8 Å². The normalized spacial score (nSPS) is 17.0. The average molecular weight is 357 g/mol. The van der Waals surface area contributed by atoms with E-state index in [-0.39, 0.29) is 17.9 Å². The van der Waals surface area contributed by atoms with Gasteiger partial charge in [0.05, 0.1) is 13.7 Å². The Morgan fingerprint density at radius 3 is 2.96 bits per heavy atom. The van der Waals surface area contributed by atoms with Gasteiger partial charge < -0.3 is 20.3 Å². The zero-order chi connectivity index (χ0) is 18.5. The van der Waals surface area contributed by atoms with Crippen LogP contribution in [0.15, 0.2) is 36.7 Å². The van der Waals surface area contributed by atoms with Gasteiger partial charge in [0.1, 0.15) is 11.8 Å². The van der Waals surface area contributed by atoms with Crippen molar-refractivity contribution < 1.29 is 14.3 Å². The second-order valence-electron chi connectivity index (χ2n) is 6.10. The van der Waals surface area contributed by atoms with Gasteiger partial charge in [-0.25, -0.2) is 0 Å². The minimum Gasteiger partial charge on any atom is -0.496 e. The molecule has 2 heterocycles. The van der Waals surface area contributed by atoms with Crippen LogP contribution in [0.4, 0.5) is 0 Å². The fraction of sp³-hybridized carbons (Fsp3) is 0.389. The Morgan fingerprint density at radius 1 is 1.42 bits per heavy atom. The Morgan fingerprint density at radius 2 is 2.27 bits per heavy atom. The molecule has 2 aromatic rings. The third kappa shape index (κ3) is 3.85. The lowest BCUT2D eigenvalue weighted by atomic mass is 10.1. The molecule has 2 amide bonds. The van der Waals surface area contributed by atoms with Gasteiger partial charge in [-0.05, 0) is 24.3 Å². The molecule has 1 fully saturated rings. The molecule has 1 saturated heterocycles. The first-order valence-corrected chi connectivity index (χ1v) is 8.51. The number of aromatic nitrogens is 2. The fourth-order valence-electron chi connectivity index (χ4n) is 3.07. The highest BCUT2D eigenvalue weighted by Crippen LogP contribution is 2.22. The summed E-state index contributed by atoms with van der Waals surface area (Å²) in [7, 11) is 3.20. The summed E-state index contributed by atoms with van der Waals surface area (Å²) in [4.78, 5) is 26.5. The molecular formula is C18H23N5O3. The number of ether oxygens (including phenoxy) is 1. The number of likely N-dealkylation sites (N-methyl/N-ethyl adjacent to an activating group) is 1. The van der Waals surface area contributed by atoms with Gasteiger partial charge >= 0.3 is 0 Å². The Kier molecular flexibility index (Phi) is 5.52. The summed E-state index contributed by atoms with van der Waals surface area (Å²) in [5.74, 6) is 0.502. The van der Waals surface area contributed by atoms with Crippen molar-refractivity contribution in [2.75, 3.05) is 33.8 Å².